The average molecular weight is 240 g/mol. The van der Waals surface area contributed by atoms with Crippen molar-refractivity contribution in [3.8, 4) is 6.07 Å². The summed E-state index contributed by atoms with van der Waals surface area (Å²) in [5, 5.41) is 13.2. The Kier molecular flexibility index (Phi) is 3.33. The molecule has 1 aromatic heterocycles. The van der Waals surface area contributed by atoms with Gasteiger partial charge in [0.25, 0.3) is 0 Å². The summed E-state index contributed by atoms with van der Waals surface area (Å²) in [5.74, 6) is 0. The molecule has 1 aromatic carbocycles. The molecule has 2 N–H and O–H groups in total. The minimum atomic E-state index is 0.671. The summed E-state index contributed by atoms with van der Waals surface area (Å²) in [6.45, 7) is 4.71. The standard InChI is InChI=1S/C14H16N4/c1-3-13-14(16)10(2)18(17-13)9-12-6-4-11(8-15)5-7-12/h4-7H,3,9,16H2,1-2H3. The highest BCUT2D eigenvalue weighted by atomic mass is 15.3. The summed E-state index contributed by atoms with van der Waals surface area (Å²) in [5.41, 5.74) is 10.5. The monoisotopic (exact) mass is 240 g/mol. The third-order valence-electron chi connectivity index (χ3n) is 3.08. The Morgan fingerprint density at radius 3 is 2.50 bits per heavy atom. The fourth-order valence-corrected chi connectivity index (χ4v) is 1.90. The van der Waals surface area contributed by atoms with Crippen molar-refractivity contribution in [1.82, 2.24) is 9.78 Å². The van der Waals surface area contributed by atoms with Gasteiger partial charge in [-0.15, -0.1) is 0 Å². The lowest BCUT2D eigenvalue weighted by Crippen LogP contribution is -2.04. The van der Waals surface area contributed by atoms with E-state index >= 15 is 0 Å². The van der Waals surface area contributed by atoms with Gasteiger partial charge in [0, 0.05) is 0 Å². The summed E-state index contributed by atoms with van der Waals surface area (Å²) in [7, 11) is 0. The van der Waals surface area contributed by atoms with Gasteiger partial charge in [-0.2, -0.15) is 10.4 Å². The van der Waals surface area contributed by atoms with Crippen LogP contribution in [0.5, 0.6) is 0 Å². The van der Waals surface area contributed by atoms with Gasteiger partial charge in [0.2, 0.25) is 0 Å². The Bertz CT molecular complexity index is 587. The smallest absolute Gasteiger partial charge is 0.0991 e. The molecule has 0 amide bonds. The van der Waals surface area contributed by atoms with E-state index in [2.05, 4.69) is 11.2 Å². The summed E-state index contributed by atoms with van der Waals surface area (Å²) in [6, 6.07) is 9.64. The van der Waals surface area contributed by atoms with E-state index in [-0.39, 0.29) is 0 Å². The predicted octanol–water partition coefficient (Wildman–Crippen LogP) is 2.26. The van der Waals surface area contributed by atoms with Crippen LogP contribution in [-0.4, -0.2) is 9.78 Å². The number of nitrogens with zero attached hydrogens (tertiary/aromatic N) is 3. The van der Waals surface area contributed by atoms with E-state index in [4.69, 9.17) is 11.0 Å². The maximum Gasteiger partial charge on any atom is 0.0991 e. The quantitative estimate of drug-likeness (QED) is 0.894. The molecule has 1 heterocycles. The number of nitrogens with two attached hydrogens (primary N) is 1. The number of aromatic nitrogens is 2. The largest absolute Gasteiger partial charge is 0.396 e. The predicted molar refractivity (Wildman–Crippen MR) is 71.0 cm³/mol. The lowest BCUT2D eigenvalue weighted by Gasteiger charge is -2.04. The van der Waals surface area contributed by atoms with E-state index in [1.54, 1.807) is 0 Å². The van der Waals surface area contributed by atoms with Crippen LogP contribution in [-0.2, 0) is 13.0 Å². The lowest BCUT2D eigenvalue weighted by atomic mass is 10.1. The molecule has 4 heteroatoms. The Hall–Kier alpha value is -2.28. The van der Waals surface area contributed by atoms with Gasteiger partial charge in [0.15, 0.2) is 0 Å². The molecule has 92 valence electrons. The van der Waals surface area contributed by atoms with Crippen molar-refractivity contribution in [2.24, 2.45) is 0 Å². The highest BCUT2D eigenvalue weighted by Gasteiger charge is 2.10. The summed E-state index contributed by atoms with van der Waals surface area (Å²) in [4.78, 5) is 0. The van der Waals surface area contributed by atoms with Crippen molar-refractivity contribution >= 4 is 5.69 Å². The van der Waals surface area contributed by atoms with Crippen LogP contribution >= 0.6 is 0 Å². The van der Waals surface area contributed by atoms with Crippen molar-refractivity contribution in [3.05, 3.63) is 46.8 Å². The molecule has 0 aliphatic rings. The van der Waals surface area contributed by atoms with Gasteiger partial charge in [0.1, 0.15) is 0 Å². The first-order valence-electron chi connectivity index (χ1n) is 5.96. The molecule has 2 aromatic rings. The van der Waals surface area contributed by atoms with Crippen molar-refractivity contribution in [1.29, 1.82) is 5.26 Å². The molecule has 0 aliphatic carbocycles. The molecule has 0 saturated carbocycles. The number of nitriles is 1. The van der Waals surface area contributed by atoms with Crippen LogP contribution in [0.2, 0.25) is 0 Å². The van der Waals surface area contributed by atoms with Crippen LogP contribution in [0.1, 0.15) is 29.4 Å². The molecular weight excluding hydrogens is 224 g/mol. The van der Waals surface area contributed by atoms with Crippen molar-refractivity contribution in [2.75, 3.05) is 5.73 Å². The van der Waals surface area contributed by atoms with Crippen molar-refractivity contribution < 1.29 is 0 Å². The normalized spacial score (nSPS) is 10.3. The van der Waals surface area contributed by atoms with Gasteiger partial charge in [0.05, 0.1) is 35.3 Å². The zero-order valence-corrected chi connectivity index (χ0v) is 10.6. The van der Waals surface area contributed by atoms with Gasteiger partial charge in [-0.3, -0.25) is 4.68 Å². The van der Waals surface area contributed by atoms with Crippen LogP contribution in [0, 0.1) is 18.3 Å². The molecule has 0 spiro atoms. The minimum absolute atomic E-state index is 0.671. The van der Waals surface area contributed by atoms with E-state index in [0.29, 0.717) is 12.1 Å². The van der Waals surface area contributed by atoms with Crippen LogP contribution in [0.25, 0.3) is 0 Å². The number of hydrogen-bond donors (Lipinski definition) is 1. The second kappa shape index (κ2) is 4.92. The second-order valence-corrected chi connectivity index (χ2v) is 4.27. The topological polar surface area (TPSA) is 67.6 Å². The summed E-state index contributed by atoms with van der Waals surface area (Å²) >= 11 is 0. The zero-order chi connectivity index (χ0) is 13.1. The van der Waals surface area contributed by atoms with Gasteiger partial charge in [-0.1, -0.05) is 19.1 Å². The number of anilines is 1. The highest BCUT2D eigenvalue weighted by Crippen LogP contribution is 2.17. The minimum Gasteiger partial charge on any atom is -0.396 e. The van der Waals surface area contributed by atoms with Gasteiger partial charge < -0.3 is 5.73 Å². The average Bonchev–Trinajstić information content (AvgIpc) is 2.67. The molecule has 0 saturated heterocycles. The van der Waals surface area contributed by atoms with Crippen LogP contribution in [0.15, 0.2) is 24.3 Å². The lowest BCUT2D eigenvalue weighted by molar-refractivity contribution is 0.654. The first kappa shape index (κ1) is 12.2. The van der Waals surface area contributed by atoms with Crippen LogP contribution in [0.4, 0.5) is 5.69 Å². The Morgan fingerprint density at radius 1 is 1.33 bits per heavy atom. The zero-order valence-electron chi connectivity index (χ0n) is 10.6. The van der Waals surface area contributed by atoms with Crippen LogP contribution < -0.4 is 5.73 Å². The Balaban J connectivity index is 2.26. The molecule has 0 aliphatic heterocycles. The SMILES string of the molecule is CCc1nn(Cc2ccc(C#N)cc2)c(C)c1N. The fourth-order valence-electron chi connectivity index (χ4n) is 1.90. The number of aryl methyl sites for hydroxylation is 1. The Labute approximate surface area is 107 Å². The molecule has 0 radical (unpaired) electrons. The van der Waals surface area contributed by atoms with E-state index in [1.807, 2.05) is 42.8 Å². The maximum absolute atomic E-state index is 8.75. The number of rotatable bonds is 3. The molecular formula is C14H16N4. The molecule has 0 unspecified atom stereocenters. The maximum atomic E-state index is 8.75. The van der Waals surface area contributed by atoms with Gasteiger partial charge in [-0.05, 0) is 31.0 Å². The second-order valence-electron chi connectivity index (χ2n) is 4.27. The Morgan fingerprint density at radius 2 is 2.00 bits per heavy atom. The van der Waals surface area contributed by atoms with Gasteiger partial charge in [-0.25, -0.2) is 0 Å². The fraction of sp³-hybridized carbons (Fsp3) is 0.286. The molecule has 0 bridgehead atoms. The molecule has 4 nitrogen and oxygen atoms in total. The third-order valence-corrected chi connectivity index (χ3v) is 3.08. The highest BCUT2D eigenvalue weighted by molar-refractivity contribution is 5.48. The summed E-state index contributed by atoms with van der Waals surface area (Å²) < 4.78 is 1.91. The van der Waals surface area contributed by atoms with Crippen LogP contribution in [0.3, 0.4) is 0 Å². The first-order valence-corrected chi connectivity index (χ1v) is 5.96. The van der Waals surface area contributed by atoms with Crippen molar-refractivity contribution in [3.63, 3.8) is 0 Å². The van der Waals surface area contributed by atoms with E-state index in [0.717, 1.165) is 29.1 Å². The molecule has 18 heavy (non-hydrogen) atoms. The molecule has 0 fully saturated rings. The van der Waals surface area contributed by atoms with Gasteiger partial charge >= 0.3 is 0 Å². The van der Waals surface area contributed by atoms with Crippen molar-refractivity contribution in [2.45, 2.75) is 26.8 Å². The van der Waals surface area contributed by atoms with E-state index in [9.17, 15) is 0 Å². The van der Waals surface area contributed by atoms with E-state index < -0.39 is 0 Å². The number of nitrogen functional groups attached to an aromatic ring is 1. The molecule has 2 rings (SSSR count). The third kappa shape index (κ3) is 2.21. The number of benzene rings is 1. The first-order chi connectivity index (χ1) is 8.65. The number of hydrogen-bond acceptors (Lipinski definition) is 3. The van der Waals surface area contributed by atoms with E-state index in [1.165, 1.54) is 0 Å². The molecule has 0 atom stereocenters. The summed E-state index contributed by atoms with van der Waals surface area (Å²) in [6.07, 6.45) is 0.840.